The Morgan fingerprint density at radius 3 is 3.00 bits per heavy atom. The first-order valence-corrected chi connectivity index (χ1v) is 6.12. The van der Waals surface area contributed by atoms with Crippen LogP contribution in [-0.4, -0.2) is 11.5 Å². The summed E-state index contributed by atoms with van der Waals surface area (Å²) in [5.41, 5.74) is 5.16. The molecule has 3 rings (SSSR count). The normalized spacial score (nSPS) is 18.8. The largest absolute Gasteiger partial charge is 0.310 e. The smallest absolute Gasteiger partial charge is 0.0702 e. The minimum Gasteiger partial charge on any atom is -0.310 e. The highest BCUT2D eigenvalue weighted by Crippen LogP contribution is 2.27. The van der Waals surface area contributed by atoms with Crippen LogP contribution in [0.2, 0.25) is 0 Å². The molecule has 17 heavy (non-hydrogen) atoms. The number of pyridine rings is 1. The lowest BCUT2D eigenvalue weighted by Gasteiger charge is -2.24. The molecule has 0 saturated heterocycles. The molecule has 1 atom stereocenters. The molecule has 0 amide bonds. The molecule has 1 aromatic heterocycles. The van der Waals surface area contributed by atoms with Gasteiger partial charge in [-0.1, -0.05) is 18.2 Å². The van der Waals surface area contributed by atoms with Crippen LogP contribution < -0.4 is 5.32 Å². The molecule has 1 unspecified atom stereocenters. The molecule has 86 valence electrons. The summed E-state index contributed by atoms with van der Waals surface area (Å²) >= 11 is 0. The van der Waals surface area contributed by atoms with Crippen molar-refractivity contribution in [1.82, 2.24) is 10.3 Å². The maximum Gasteiger partial charge on any atom is 0.0702 e. The van der Waals surface area contributed by atoms with E-state index in [1.165, 1.54) is 16.7 Å². The van der Waals surface area contributed by atoms with Gasteiger partial charge in [0.1, 0.15) is 0 Å². The zero-order valence-corrected chi connectivity index (χ0v) is 9.98. The van der Waals surface area contributed by atoms with E-state index in [-0.39, 0.29) is 0 Å². The van der Waals surface area contributed by atoms with Crippen molar-refractivity contribution in [3.8, 4) is 11.3 Å². The van der Waals surface area contributed by atoms with Crippen LogP contribution in [0.15, 0.2) is 42.6 Å². The van der Waals surface area contributed by atoms with Gasteiger partial charge in [0.25, 0.3) is 0 Å². The zero-order valence-electron chi connectivity index (χ0n) is 9.98. The van der Waals surface area contributed by atoms with Crippen LogP contribution in [0, 0.1) is 0 Å². The molecule has 0 spiro atoms. The van der Waals surface area contributed by atoms with Gasteiger partial charge < -0.3 is 5.32 Å². The van der Waals surface area contributed by atoms with Gasteiger partial charge in [-0.25, -0.2) is 0 Å². The third-order valence-electron chi connectivity index (χ3n) is 3.41. The summed E-state index contributed by atoms with van der Waals surface area (Å²) in [4.78, 5) is 4.40. The van der Waals surface area contributed by atoms with Gasteiger partial charge in [0.15, 0.2) is 0 Å². The Labute approximate surface area is 102 Å². The van der Waals surface area contributed by atoms with Crippen LogP contribution in [0.3, 0.4) is 0 Å². The zero-order chi connectivity index (χ0) is 11.7. The van der Waals surface area contributed by atoms with Crippen molar-refractivity contribution in [3.63, 3.8) is 0 Å². The van der Waals surface area contributed by atoms with E-state index in [4.69, 9.17) is 0 Å². The van der Waals surface area contributed by atoms with Crippen molar-refractivity contribution in [2.75, 3.05) is 6.54 Å². The van der Waals surface area contributed by atoms with Gasteiger partial charge in [-0.05, 0) is 49.2 Å². The minimum atomic E-state index is 0.469. The standard InChI is InChI=1S/C15H16N2/c1-11-14-6-5-13(10-12(14)7-9-16-11)15-4-2-3-8-17-15/h2-6,8,10-11,16H,7,9H2,1H3. The highest BCUT2D eigenvalue weighted by molar-refractivity contribution is 5.61. The SMILES string of the molecule is CC1NCCc2cc(-c3ccccn3)ccc21. The summed E-state index contributed by atoms with van der Waals surface area (Å²) in [6, 6.07) is 13.2. The third-order valence-corrected chi connectivity index (χ3v) is 3.41. The highest BCUT2D eigenvalue weighted by Gasteiger charge is 2.15. The number of nitrogens with one attached hydrogen (secondary N) is 1. The van der Waals surface area contributed by atoms with Crippen molar-refractivity contribution in [2.24, 2.45) is 0 Å². The summed E-state index contributed by atoms with van der Waals surface area (Å²) in [5, 5.41) is 3.48. The highest BCUT2D eigenvalue weighted by atomic mass is 14.9. The molecular formula is C15H16N2. The maximum absolute atomic E-state index is 4.40. The number of hydrogen-bond donors (Lipinski definition) is 1. The van der Waals surface area contributed by atoms with Crippen molar-refractivity contribution in [1.29, 1.82) is 0 Å². The summed E-state index contributed by atoms with van der Waals surface area (Å²) in [6.45, 7) is 3.29. The molecule has 0 aliphatic carbocycles. The van der Waals surface area contributed by atoms with E-state index in [9.17, 15) is 0 Å². The second-order valence-corrected chi connectivity index (χ2v) is 4.55. The Morgan fingerprint density at radius 2 is 2.18 bits per heavy atom. The van der Waals surface area contributed by atoms with Gasteiger partial charge >= 0.3 is 0 Å². The van der Waals surface area contributed by atoms with Crippen LogP contribution >= 0.6 is 0 Å². The Hall–Kier alpha value is -1.67. The van der Waals surface area contributed by atoms with Crippen molar-refractivity contribution in [3.05, 3.63) is 53.7 Å². The molecule has 1 aliphatic rings. The van der Waals surface area contributed by atoms with Crippen molar-refractivity contribution >= 4 is 0 Å². The average molecular weight is 224 g/mol. The molecule has 2 heteroatoms. The molecule has 0 radical (unpaired) electrons. The van der Waals surface area contributed by atoms with E-state index in [0.717, 1.165) is 18.7 Å². The lowest BCUT2D eigenvalue weighted by molar-refractivity contribution is 0.541. The van der Waals surface area contributed by atoms with Crippen LogP contribution in [0.5, 0.6) is 0 Å². The topological polar surface area (TPSA) is 24.9 Å². The summed E-state index contributed by atoms with van der Waals surface area (Å²) in [7, 11) is 0. The van der Waals surface area contributed by atoms with Gasteiger partial charge in [-0.15, -0.1) is 0 Å². The predicted octanol–water partition coefficient (Wildman–Crippen LogP) is 2.96. The first kappa shape index (κ1) is 10.5. The minimum absolute atomic E-state index is 0.469. The number of benzene rings is 1. The van der Waals surface area contributed by atoms with Gasteiger partial charge in [-0.2, -0.15) is 0 Å². The number of aromatic nitrogens is 1. The van der Waals surface area contributed by atoms with Gasteiger partial charge in [-0.3, -0.25) is 4.98 Å². The molecular weight excluding hydrogens is 208 g/mol. The van der Waals surface area contributed by atoms with Gasteiger partial charge in [0, 0.05) is 17.8 Å². The van der Waals surface area contributed by atoms with E-state index in [1.807, 2.05) is 18.3 Å². The molecule has 0 saturated carbocycles. The Kier molecular flexibility index (Phi) is 2.65. The first-order valence-electron chi connectivity index (χ1n) is 6.12. The summed E-state index contributed by atoms with van der Waals surface area (Å²) in [6.07, 6.45) is 2.96. The molecule has 1 aliphatic heterocycles. The van der Waals surface area contributed by atoms with E-state index < -0.39 is 0 Å². The van der Waals surface area contributed by atoms with Crippen LogP contribution in [-0.2, 0) is 6.42 Å². The van der Waals surface area contributed by atoms with Crippen LogP contribution in [0.4, 0.5) is 0 Å². The van der Waals surface area contributed by atoms with Crippen molar-refractivity contribution < 1.29 is 0 Å². The monoisotopic (exact) mass is 224 g/mol. The lowest BCUT2D eigenvalue weighted by atomic mass is 9.93. The fourth-order valence-corrected chi connectivity index (χ4v) is 2.47. The first-order chi connectivity index (χ1) is 8.34. The van der Waals surface area contributed by atoms with Crippen molar-refractivity contribution in [2.45, 2.75) is 19.4 Å². The lowest BCUT2D eigenvalue weighted by Crippen LogP contribution is -2.27. The van der Waals surface area contributed by atoms with E-state index in [1.54, 1.807) is 0 Å². The number of rotatable bonds is 1. The molecule has 1 N–H and O–H groups in total. The van der Waals surface area contributed by atoms with Crippen LogP contribution in [0.1, 0.15) is 24.1 Å². The molecule has 0 bridgehead atoms. The van der Waals surface area contributed by atoms with E-state index in [0.29, 0.717) is 6.04 Å². The summed E-state index contributed by atoms with van der Waals surface area (Å²) < 4.78 is 0. The average Bonchev–Trinajstić information content (AvgIpc) is 2.40. The third kappa shape index (κ3) is 1.96. The van der Waals surface area contributed by atoms with Gasteiger partial charge in [0.05, 0.1) is 5.69 Å². The Morgan fingerprint density at radius 1 is 1.24 bits per heavy atom. The van der Waals surface area contributed by atoms with E-state index in [2.05, 4.69) is 41.5 Å². The van der Waals surface area contributed by atoms with Gasteiger partial charge in [0.2, 0.25) is 0 Å². The second-order valence-electron chi connectivity index (χ2n) is 4.55. The van der Waals surface area contributed by atoms with E-state index >= 15 is 0 Å². The fourth-order valence-electron chi connectivity index (χ4n) is 2.47. The molecule has 1 aromatic carbocycles. The number of nitrogens with zero attached hydrogens (tertiary/aromatic N) is 1. The molecule has 2 heterocycles. The second kappa shape index (κ2) is 4.30. The Bertz CT molecular complexity index is 520. The fraction of sp³-hybridized carbons (Fsp3) is 0.267. The molecule has 2 nitrogen and oxygen atoms in total. The Balaban J connectivity index is 2.04. The number of fused-ring (bicyclic) bond motifs is 1. The molecule has 2 aromatic rings. The quantitative estimate of drug-likeness (QED) is 0.805. The maximum atomic E-state index is 4.40. The van der Waals surface area contributed by atoms with Crippen LogP contribution in [0.25, 0.3) is 11.3 Å². The predicted molar refractivity (Wildman–Crippen MR) is 69.8 cm³/mol. The summed E-state index contributed by atoms with van der Waals surface area (Å²) in [5.74, 6) is 0. The molecule has 0 fully saturated rings. The number of hydrogen-bond acceptors (Lipinski definition) is 2.